The van der Waals surface area contributed by atoms with Gasteiger partial charge in [0, 0.05) is 47.9 Å². The van der Waals surface area contributed by atoms with Gasteiger partial charge in [0.1, 0.15) is 5.75 Å². The quantitative estimate of drug-likeness (QED) is 0.134. The van der Waals surface area contributed by atoms with Crippen molar-refractivity contribution in [2.24, 2.45) is 4.99 Å². The molecule has 194 valence electrons. The Morgan fingerprint density at radius 1 is 0.973 bits per heavy atom. The van der Waals surface area contributed by atoms with Crippen molar-refractivity contribution in [3.63, 3.8) is 0 Å². The number of thiazole rings is 1. The number of hydrogen-bond acceptors (Lipinski definition) is 5. The molecule has 0 spiro atoms. The van der Waals surface area contributed by atoms with Gasteiger partial charge in [-0.25, -0.2) is 4.98 Å². The fourth-order valence-electron chi connectivity index (χ4n) is 4.01. The number of rotatable bonds is 11. The van der Waals surface area contributed by atoms with E-state index in [1.807, 2.05) is 42.6 Å². The third-order valence-electron chi connectivity index (χ3n) is 5.80. The molecule has 0 fully saturated rings. The summed E-state index contributed by atoms with van der Waals surface area (Å²) < 4.78 is 5.63. The van der Waals surface area contributed by atoms with Crippen LogP contribution >= 0.6 is 46.9 Å². The topological polar surface area (TPSA) is 37.7 Å². The fraction of sp³-hybridized carbons (Fsp3) is 0.241. The maximum atomic E-state index is 5.97. The van der Waals surface area contributed by atoms with Crippen molar-refractivity contribution in [2.45, 2.75) is 13.3 Å². The molecule has 8 heteroatoms. The zero-order chi connectivity index (χ0) is 25.3. The second-order valence-electron chi connectivity index (χ2n) is 8.28. The molecule has 0 saturated carbocycles. The van der Waals surface area contributed by atoms with E-state index in [1.165, 1.54) is 10.4 Å². The Bertz CT molecular complexity index is 1290. The van der Waals surface area contributed by atoms with Crippen molar-refractivity contribution in [1.29, 1.82) is 0 Å². The van der Waals surface area contributed by atoms with Crippen LogP contribution in [0.3, 0.4) is 0 Å². The van der Waals surface area contributed by atoms with Gasteiger partial charge in [0.2, 0.25) is 0 Å². The first kappa shape index (κ1) is 29.0. The lowest BCUT2D eigenvalue weighted by molar-refractivity contribution is 0.414. The number of aliphatic imine (C=N–C) groups is 1. The largest absolute Gasteiger partial charge is 0.495 e. The van der Waals surface area contributed by atoms with Crippen LogP contribution in [-0.2, 0) is 6.42 Å². The number of benzene rings is 3. The summed E-state index contributed by atoms with van der Waals surface area (Å²) in [5.41, 5.74) is 6.23. The zero-order valence-corrected chi connectivity index (χ0v) is 24.0. The number of ether oxygens (including phenoxy) is 1. The summed E-state index contributed by atoms with van der Waals surface area (Å²) in [6.07, 6.45) is 2.70. The summed E-state index contributed by atoms with van der Waals surface area (Å²) >= 11 is 13.7. The van der Waals surface area contributed by atoms with Crippen LogP contribution in [0.1, 0.15) is 21.0 Å². The number of alkyl halides is 2. The molecule has 4 aromatic rings. The van der Waals surface area contributed by atoms with E-state index in [-0.39, 0.29) is 12.4 Å². The van der Waals surface area contributed by atoms with E-state index in [1.54, 1.807) is 18.4 Å². The van der Waals surface area contributed by atoms with Crippen LogP contribution in [0.2, 0.25) is 0 Å². The molecule has 0 aliphatic heterocycles. The molecule has 3 aromatic carbocycles. The molecule has 0 aliphatic carbocycles. The Kier molecular flexibility index (Phi) is 11.3. The molecular weight excluding hydrogens is 545 g/mol. The highest BCUT2D eigenvalue weighted by Gasteiger charge is 2.12. The molecule has 4 rings (SSSR count). The van der Waals surface area contributed by atoms with Gasteiger partial charge < -0.3 is 9.64 Å². The number of hydrogen-bond donors (Lipinski definition) is 0. The predicted octanol–water partition coefficient (Wildman–Crippen LogP) is 8.17. The van der Waals surface area contributed by atoms with Crippen molar-refractivity contribution in [1.82, 2.24) is 4.98 Å². The Hall–Kier alpha value is -2.57. The normalized spacial score (nSPS) is 10.9. The molecular formula is C29H30Cl3N3OS. The van der Waals surface area contributed by atoms with Crippen LogP contribution in [0.15, 0.2) is 77.8 Å². The Balaban J connectivity index is 0.00000380. The first-order valence-electron chi connectivity index (χ1n) is 11.8. The molecule has 0 aliphatic rings. The van der Waals surface area contributed by atoms with E-state index in [9.17, 15) is 0 Å². The zero-order valence-electron chi connectivity index (χ0n) is 20.9. The van der Waals surface area contributed by atoms with E-state index in [0.29, 0.717) is 24.8 Å². The summed E-state index contributed by atoms with van der Waals surface area (Å²) in [4.78, 5) is 12.9. The molecule has 0 atom stereocenters. The average molecular weight is 575 g/mol. The highest BCUT2D eigenvalue weighted by molar-refractivity contribution is 7.12. The molecule has 1 heterocycles. The first-order valence-corrected chi connectivity index (χ1v) is 13.7. The lowest BCUT2D eigenvalue weighted by Gasteiger charge is -2.25. The van der Waals surface area contributed by atoms with Gasteiger partial charge >= 0.3 is 0 Å². The molecule has 0 radical (unpaired) electrons. The summed E-state index contributed by atoms with van der Waals surface area (Å²) in [6, 6.07) is 24.7. The molecule has 1 aromatic heterocycles. The van der Waals surface area contributed by atoms with Gasteiger partial charge in [0.05, 0.1) is 29.2 Å². The van der Waals surface area contributed by atoms with Crippen molar-refractivity contribution in [2.75, 3.05) is 36.9 Å². The Morgan fingerprint density at radius 3 is 2.32 bits per heavy atom. The van der Waals surface area contributed by atoms with E-state index in [2.05, 4.69) is 53.2 Å². The van der Waals surface area contributed by atoms with E-state index in [4.69, 9.17) is 32.9 Å². The van der Waals surface area contributed by atoms with E-state index >= 15 is 0 Å². The third kappa shape index (κ3) is 7.71. The molecule has 0 bridgehead atoms. The van der Waals surface area contributed by atoms with Crippen molar-refractivity contribution in [3.05, 3.63) is 93.8 Å². The first-order chi connectivity index (χ1) is 17.6. The highest BCUT2D eigenvalue weighted by Crippen LogP contribution is 2.31. The molecule has 37 heavy (non-hydrogen) atoms. The number of aryl methyl sites for hydroxylation is 1. The van der Waals surface area contributed by atoms with Crippen LogP contribution in [0, 0.1) is 6.92 Å². The molecule has 0 N–H and O–H groups in total. The van der Waals surface area contributed by atoms with E-state index < -0.39 is 0 Å². The maximum absolute atomic E-state index is 5.97. The molecule has 0 amide bonds. The van der Waals surface area contributed by atoms with Gasteiger partial charge in [-0.3, -0.25) is 4.99 Å². The fourth-order valence-corrected chi connectivity index (χ4v) is 5.41. The van der Waals surface area contributed by atoms with Crippen LogP contribution in [-0.4, -0.2) is 43.2 Å². The summed E-state index contributed by atoms with van der Waals surface area (Å²) in [5.74, 6) is 1.82. The summed E-state index contributed by atoms with van der Waals surface area (Å²) in [6.45, 7) is 3.54. The SMILES string of the molecule is COc1cc(C=Nc2ccc(-c3nc(Cc4ccccc4)sc3C)cc2)ccc1N(CCCl)CCCl.Cl. The predicted molar refractivity (Wildman–Crippen MR) is 163 cm³/mol. The minimum absolute atomic E-state index is 0. The lowest BCUT2D eigenvalue weighted by Crippen LogP contribution is -2.28. The third-order valence-corrected chi connectivity index (χ3v) is 7.10. The molecule has 4 nitrogen and oxygen atoms in total. The van der Waals surface area contributed by atoms with Gasteiger partial charge in [-0.1, -0.05) is 48.5 Å². The van der Waals surface area contributed by atoms with Crippen LogP contribution in [0.4, 0.5) is 11.4 Å². The van der Waals surface area contributed by atoms with Crippen LogP contribution in [0.25, 0.3) is 11.3 Å². The van der Waals surface area contributed by atoms with Gasteiger partial charge in [-0.2, -0.15) is 0 Å². The van der Waals surface area contributed by atoms with Gasteiger partial charge in [-0.05, 0) is 42.3 Å². The maximum Gasteiger partial charge on any atom is 0.142 e. The number of methoxy groups -OCH3 is 1. The molecule has 0 saturated heterocycles. The minimum atomic E-state index is 0. The number of halogens is 3. The van der Waals surface area contributed by atoms with Crippen molar-refractivity contribution in [3.8, 4) is 17.0 Å². The summed E-state index contributed by atoms with van der Waals surface area (Å²) in [7, 11) is 1.67. The average Bonchev–Trinajstić information content (AvgIpc) is 3.27. The monoisotopic (exact) mass is 573 g/mol. The van der Waals surface area contributed by atoms with Crippen LogP contribution < -0.4 is 9.64 Å². The smallest absolute Gasteiger partial charge is 0.142 e. The Morgan fingerprint density at radius 2 is 1.68 bits per heavy atom. The van der Waals surface area contributed by atoms with E-state index in [0.717, 1.165) is 45.4 Å². The molecule has 0 unspecified atom stereocenters. The number of aromatic nitrogens is 1. The van der Waals surface area contributed by atoms with Gasteiger partial charge in [0.15, 0.2) is 0 Å². The second kappa shape index (κ2) is 14.4. The number of nitrogens with zero attached hydrogens (tertiary/aromatic N) is 3. The Labute approximate surface area is 239 Å². The van der Waals surface area contributed by atoms with Crippen molar-refractivity contribution < 1.29 is 4.74 Å². The highest BCUT2D eigenvalue weighted by atomic mass is 35.5. The standard InChI is InChI=1S/C29H29Cl2N3OS.ClH/c1-21-29(33-28(36-21)19-22-6-4-3-5-7-22)24-9-11-25(12-10-24)32-20-23-8-13-26(27(18-23)35-2)34(16-14-30)17-15-31;/h3-13,18,20H,14-17,19H2,1-2H3;1H. The van der Waals surface area contributed by atoms with Crippen LogP contribution in [0.5, 0.6) is 5.75 Å². The summed E-state index contributed by atoms with van der Waals surface area (Å²) in [5, 5.41) is 1.13. The number of anilines is 1. The van der Waals surface area contributed by atoms with Gasteiger partial charge in [0.25, 0.3) is 0 Å². The lowest BCUT2D eigenvalue weighted by atomic mass is 10.1. The van der Waals surface area contributed by atoms with Crippen molar-refractivity contribution >= 4 is 64.5 Å². The minimum Gasteiger partial charge on any atom is -0.495 e. The van der Waals surface area contributed by atoms with Gasteiger partial charge in [-0.15, -0.1) is 46.9 Å². The second-order valence-corrected chi connectivity index (χ2v) is 10.3.